The molecule has 0 radical (unpaired) electrons. The molecular formula is C14H21NO3. The van der Waals surface area contributed by atoms with Crippen LogP contribution >= 0.6 is 0 Å². The molecule has 0 aliphatic rings. The zero-order chi connectivity index (χ0) is 13.5. The monoisotopic (exact) mass is 251 g/mol. The quantitative estimate of drug-likeness (QED) is 0.728. The van der Waals surface area contributed by atoms with E-state index in [1.807, 2.05) is 19.1 Å². The van der Waals surface area contributed by atoms with E-state index in [0.717, 1.165) is 18.0 Å². The third-order valence-electron chi connectivity index (χ3n) is 2.72. The molecule has 0 N–H and O–H groups in total. The predicted molar refractivity (Wildman–Crippen MR) is 72.3 cm³/mol. The van der Waals surface area contributed by atoms with Crippen molar-refractivity contribution in [1.82, 2.24) is 0 Å². The Kier molecular flexibility index (Phi) is 5.49. The number of ether oxygens (including phenoxy) is 2. The number of carbonyl (C=O) groups is 1. The molecule has 100 valence electrons. The molecule has 0 saturated heterocycles. The summed E-state index contributed by atoms with van der Waals surface area (Å²) in [5.41, 5.74) is 2.21. The minimum Gasteiger partial charge on any atom is -0.495 e. The third kappa shape index (κ3) is 3.95. The topological polar surface area (TPSA) is 38.8 Å². The SMILES string of the molecule is CCN(CCOC(C)=O)c1cc(C)ccc1OC. The minimum absolute atomic E-state index is 0.248. The molecule has 18 heavy (non-hydrogen) atoms. The lowest BCUT2D eigenvalue weighted by molar-refractivity contribution is -0.140. The standard InChI is InChI=1S/C14H21NO3/c1-5-15(8-9-18-12(3)16)13-10-11(2)6-7-14(13)17-4/h6-7,10H,5,8-9H2,1-4H3. The zero-order valence-electron chi connectivity index (χ0n) is 11.5. The van der Waals surface area contributed by atoms with Gasteiger partial charge in [0, 0.05) is 13.5 Å². The highest BCUT2D eigenvalue weighted by atomic mass is 16.5. The van der Waals surface area contributed by atoms with E-state index < -0.39 is 0 Å². The van der Waals surface area contributed by atoms with Crippen LogP contribution in [-0.4, -0.2) is 32.8 Å². The molecule has 0 aliphatic heterocycles. The van der Waals surface area contributed by atoms with E-state index in [1.54, 1.807) is 7.11 Å². The smallest absolute Gasteiger partial charge is 0.302 e. The first-order valence-electron chi connectivity index (χ1n) is 6.11. The average molecular weight is 251 g/mol. The molecule has 0 fully saturated rings. The van der Waals surface area contributed by atoms with Gasteiger partial charge in [-0.05, 0) is 31.5 Å². The van der Waals surface area contributed by atoms with Crippen molar-refractivity contribution in [3.8, 4) is 5.75 Å². The maximum Gasteiger partial charge on any atom is 0.302 e. The van der Waals surface area contributed by atoms with Crippen molar-refractivity contribution in [2.45, 2.75) is 20.8 Å². The van der Waals surface area contributed by atoms with Gasteiger partial charge >= 0.3 is 5.97 Å². The largest absolute Gasteiger partial charge is 0.495 e. The Hall–Kier alpha value is -1.71. The molecule has 4 heteroatoms. The van der Waals surface area contributed by atoms with Gasteiger partial charge in [-0.3, -0.25) is 4.79 Å². The summed E-state index contributed by atoms with van der Waals surface area (Å²) in [6.45, 7) is 7.42. The van der Waals surface area contributed by atoms with Crippen LogP contribution in [0.1, 0.15) is 19.4 Å². The number of esters is 1. The zero-order valence-corrected chi connectivity index (χ0v) is 11.5. The van der Waals surface area contributed by atoms with E-state index in [1.165, 1.54) is 12.5 Å². The molecular weight excluding hydrogens is 230 g/mol. The maximum atomic E-state index is 10.8. The lowest BCUT2D eigenvalue weighted by Gasteiger charge is -2.25. The summed E-state index contributed by atoms with van der Waals surface area (Å²) in [4.78, 5) is 12.9. The maximum absolute atomic E-state index is 10.8. The number of anilines is 1. The van der Waals surface area contributed by atoms with Crippen LogP contribution in [0.3, 0.4) is 0 Å². The molecule has 0 bridgehead atoms. The highest BCUT2D eigenvalue weighted by Gasteiger charge is 2.11. The van der Waals surface area contributed by atoms with Gasteiger partial charge in [0.2, 0.25) is 0 Å². The normalized spacial score (nSPS) is 10.0. The van der Waals surface area contributed by atoms with Gasteiger partial charge in [-0.1, -0.05) is 6.07 Å². The van der Waals surface area contributed by atoms with Gasteiger partial charge < -0.3 is 14.4 Å². The second kappa shape index (κ2) is 6.89. The number of carbonyl (C=O) groups excluding carboxylic acids is 1. The van der Waals surface area contributed by atoms with Crippen LogP contribution in [0.15, 0.2) is 18.2 Å². The van der Waals surface area contributed by atoms with Gasteiger partial charge in [-0.15, -0.1) is 0 Å². The van der Waals surface area contributed by atoms with Crippen LogP contribution in [0.5, 0.6) is 5.75 Å². The van der Waals surface area contributed by atoms with Crippen LogP contribution < -0.4 is 9.64 Å². The average Bonchev–Trinajstić information content (AvgIpc) is 2.34. The van der Waals surface area contributed by atoms with E-state index in [2.05, 4.69) is 17.9 Å². The summed E-state index contributed by atoms with van der Waals surface area (Å²) >= 11 is 0. The molecule has 0 spiro atoms. The summed E-state index contributed by atoms with van der Waals surface area (Å²) in [5.74, 6) is 0.590. The van der Waals surface area contributed by atoms with Crippen molar-refractivity contribution >= 4 is 11.7 Å². The van der Waals surface area contributed by atoms with Crippen molar-refractivity contribution in [1.29, 1.82) is 0 Å². The highest BCUT2D eigenvalue weighted by Crippen LogP contribution is 2.28. The van der Waals surface area contributed by atoms with E-state index in [0.29, 0.717) is 13.2 Å². The van der Waals surface area contributed by atoms with Gasteiger partial charge in [0.1, 0.15) is 12.4 Å². The number of likely N-dealkylation sites (N-methyl/N-ethyl adjacent to an activating group) is 1. The summed E-state index contributed by atoms with van der Waals surface area (Å²) in [6.07, 6.45) is 0. The Morgan fingerprint density at radius 3 is 2.67 bits per heavy atom. The Morgan fingerprint density at radius 2 is 2.11 bits per heavy atom. The van der Waals surface area contributed by atoms with Gasteiger partial charge in [0.25, 0.3) is 0 Å². The summed E-state index contributed by atoms with van der Waals surface area (Å²) in [5, 5.41) is 0. The molecule has 0 aliphatic carbocycles. The lowest BCUT2D eigenvalue weighted by atomic mass is 10.2. The Morgan fingerprint density at radius 1 is 1.39 bits per heavy atom. The molecule has 0 atom stereocenters. The third-order valence-corrected chi connectivity index (χ3v) is 2.72. The number of methoxy groups -OCH3 is 1. The Labute approximate surface area is 108 Å². The number of nitrogens with zero attached hydrogens (tertiary/aromatic N) is 1. The van der Waals surface area contributed by atoms with Crippen molar-refractivity contribution in [3.63, 3.8) is 0 Å². The predicted octanol–water partition coefficient (Wildman–Crippen LogP) is 2.39. The van der Waals surface area contributed by atoms with E-state index >= 15 is 0 Å². The van der Waals surface area contributed by atoms with Gasteiger partial charge in [0.15, 0.2) is 0 Å². The molecule has 0 amide bonds. The number of hydrogen-bond acceptors (Lipinski definition) is 4. The van der Waals surface area contributed by atoms with Crippen molar-refractivity contribution in [2.75, 3.05) is 31.7 Å². The van der Waals surface area contributed by atoms with Crippen LogP contribution in [0, 0.1) is 6.92 Å². The van der Waals surface area contributed by atoms with Gasteiger partial charge in [-0.2, -0.15) is 0 Å². The second-order valence-corrected chi connectivity index (χ2v) is 4.10. The molecule has 1 aromatic carbocycles. The molecule has 1 rings (SSSR count). The second-order valence-electron chi connectivity index (χ2n) is 4.10. The number of benzene rings is 1. The van der Waals surface area contributed by atoms with E-state index in [-0.39, 0.29) is 5.97 Å². The molecule has 0 aromatic heterocycles. The first-order valence-corrected chi connectivity index (χ1v) is 6.11. The molecule has 1 aromatic rings. The minimum atomic E-state index is -0.248. The lowest BCUT2D eigenvalue weighted by Crippen LogP contribution is -2.28. The van der Waals surface area contributed by atoms with Crippen molar-refractivity contribution < 1.29 is 14.3 Å². The fraction of sp³-hybridized carbons (Fsp3) is 0.500. The first-order chi connectivity index (χ1) is 8.58. The Bertz CT molecular complexity index is 404. The van der Waals surface area contributed by atoms with Crippen LogP contribution in [0.2, 0.25) is 0 Å². The van der Waals surface area contributed by atoms with Gasteiger partial charge in [-0.25, -0.2) is 0 Å². The van der Waals surface area contributed by atoms with Crippen LogP contribution in [-0.2, 0) is 9.53 Å². The molecule has 0 heterocycles. The van der Waals surface area contributed by atoms with Crippen molar-refractivity contribution in [3.05, 3.63) is 23.8 Å². The molecule has 0 saturated carbocycles. The highest BCUT2D eigenvalue weighted by molar-refractivity contribution is 5.66. The number of rotatable bonds is 6. The van der Waals surface area contributed by atoms with Crippen molar-refractivity contribution in [2.24, 2.45) is 0 Å². The first kappa shape index (κ1) is 14.4. The fourth-order valence-corrected chi connectivity index (χ4v) is 1.80. The van der Waals surface area contributed by atoms with Crippen LogP contribution in [0.25, 0.3) is 0 Å². The van der Waals surface area contributed by atoms with E-state index in [4.69, 9.17) is 9.47 Å². The fourth-order valence-electron chi connectivity index (χ4n) is 1.80. The molecule has 0 unspecified atom stereocenters. The Balaban J connectivity index is 2.80. The van der Waals surface area contributed by atoms with Gasteiger partial charge in [0.05, 0.1) is 19.3 Å². The number of aryl methyl sites for hydroxylation is 1. The van der Waals surface area contributed by atoms with Crippen LogP contribution in [0.4, 0.5) is 5.69 Å². The summed E-state index contributed by atoms with van der Waals surface area (Å²) in [6, 6.07) is 6.05. The van der Waals surface area contributed by atoms with E-state index in [9.17, 15) is 4.79 Å². The molecule has 4 nitrogen and oxygen atoms in total. The number of hydrogen-bond donors (Lipinski definition) is 0. The summed E-state index contributed by atoms with van der Waals surface area (Å²) < 4.78 is 10.3. The summed E-state index contributed by atoms with van der Waals surface area (Å²) in [7, 11) is 1.66.